The second kappa shape index (κ2) is 9.65. The fourth-order valence-corrected chi connectivity index (χ4v) is 4.64. The minimum absolute atomic E-state index is 0.0496. The van der Waals surface area contributed by atoms with Gasteiger partial charge < -0.3 is 9.26 Å². The van der Waals surface area contributed by atoms with Gasteiger partial charge in [-0.1, -0.05) is 29.4 Å². The molecule has 1 aromatic heterocycles. The van der Waals surface area contributed by atoms with Gasteiger partial charge in [-0.15, -0.1) is 0 Å². The summed E-state index contributed by atoms with van der Waals surface area (Å²) in [5.41, 5.74) is 0.731. The number of rotatable bonds is 8. The fourth-order valence-electron chi connectivity index (χ4n) is 3.37. The van der Waals surface area contributed by atoms with Crippen LogP contribution in [0.3, 0.4) is 0 Å². The Hall–Kier alpha value is -2.66. The van der Waals surface area contributed by atoms with Gasteiger partial charge >= 0.3 is 0 Å². The Morgan fingerprint density at radius 2 is 1.90 bits per heavy atom. The molecule has 1 saturated heterocycles. The van der Waals surface area contributed by atoms with E-state index in [0.29, 0.717) is 37.3 Å². The Bertz CT molecular complexity index is 1130. The third-order valence-electron chi connectivity index (χ3n) is 4.96. The number of hydrogen-bond acceptors (Lipinski definition) is 7. The lowest BCUT2D eigenvalue weighted by atomic mass is 10.2. The van der Waals surface area contributed by atoms with Crippen LogP contribution in [-0.4, -0.2) is 62.9 Å². The third kappa shape index (κ3) is 5.34. The molecule has 164 valence electrons. The molecule has 1 N–H and O–H groups in total. The van der Waals surface area contributed by atoms with Crippen LogP contribution in [-0.2, 0) is 14.8 Å². The minimum atomic E-state index is -3.79. The van der Waals surface area contributed by atoms with E-state index in [2.05, 4.69) is 19.8 Å². The Balaban J connectivity index is 1.47. The second-order valence-electron chi connectivity index (χ2n) is 7.13. The first-order valence-electron chi connectivity index (χ1n) is 10.0. The van der Waals surface area contributed by atoms with Crippen LogP contribution in [0.25, 0.3) is 22.8 Å². The van der Waals surface area contributed by atoms with Gasteiger partial charge in [-0.25, -0.2) is 17.5 Å². The molecular formula is C21H23FN4O4S. The number of sulfonamides is 1. The SMILES string of the molecule is O=S(=O)(NCCCN1CCOCC1)c1ccccc1-c1nc(-c2cccc(F)c2)no1. The zero-order chi connectivity index (χ0) is 21.7. The maximum Gasteiger partial charge on any atom is 0.259 e. The van der Waals surface area contributed by atoms with Crippen molar-refractivity contribution in [3.63, 3.8) is 0 Å². The minimum Gasteiger partial charge on any atom is -0.379 e. The lowest BCUT2D eigenvalue weighted by molar-refractivity contribution is 0.0376. The van der Waals surface area contributed by atoms with Crippen molar-refractivity contribution < 1.29 is 22.1 Å². The number of nitrogens with one attached hydrogen (secondary N) is 1. The predicted octanol–water partition coefficient (Wildman–Crippen LogP) is 2.54. The summed E-state index contributed by atoms with van der Waals surface area (Å²) in [6.45, 7) is 4.25. The predicted molar refractivity (Wildman–Crippen MR) is 112 cm³/mol. The van der Waals surface area contributed by atoms with Crippen molar-refractivity contribution in [2.75, 3.05) is 39.4 Å². The summed E-state index contributed by atoms with van der Waals surface area (Å²) in [5.74, 6) is -0.193. The highest BCUT2D eigenvalue weighted by Gasteiger charge is 2.22. The molecule has 2 heterocycles. The van der Waals surface area contributed by atoms with E-state index in [1.54, 1.807) is 30.3 Å². The van der Waals surface area contributed by atoms with Crippen LogP contribution in [0.5, 0.6) is 0 Å². The molecule has 0 aliphatic carbocycles. The van der Waals surface area contributed by atoms with Crippen molar-refractivity contribution in [1.29, 1.82) is 0 Å². The zero-order valence-electron chi connectivity index (χ0n) is 16.8. The molecule has 8 nitrogen and oxygen atoms in total. The third-order valence-corrected chi connectivity index (χ3v) is 6.48. The lowest BCUT2D eigenvalue weighted by Crippen LogP contribution is -2.38. The largest absolute Gasteiger partial charge is 0.379 e. The fraction of sp³-hybridized carbons (Fsp3) is 0.333. The molecule has 1 aliphatic heterocycles. The van der Waals surface area contributed by atoms with Crippen LogP contribution >= 0.6 is 0 Å². The van der Waals surface area contributed by atoms with Crippen LogP contribution in [0.2, 0.25) is 0 Å². The summed E-state index contributed by atoms with van der Waals surface area (Å²) in [5, 5.41) is 3.87. The number of benzene rings is 2. The van der Waals surface area contributed by atoms with Crippen molar-refractivity contribution in [2.24, 2.45) is 0 Å². The van der Waals surface area contributed by atoms with Gasteiger partial charge in [0.15, 0.2) is 0 Å². The van der Waals surface area contributed by atoms with Gasteiger partial charge in [-0.05, 0) is 37.2 Å². The molecule has 0 spiro atoms. The number of aromatic nitrogens is 2. The standard InChI is InChI=1S/C21H23FN4O4S/c22-17-6-3-5-16(15-17)20-24-21(30-25-20)18-7-1-2-8-19(18)31(27,28)23-9-4-10-26-11-13-29-14-12-26/h1-3,5-8,15,23H,4,9-14H2. The molecule has 3 aromatic rings. The van der Waals surface area contributed by atoms with E-state index in [9.17, 15) is 12.8 Å². The molecular weight excluding hydrogens is 423 g/mol. The molecule has 0 radical (unpaired) electrons. The molecule has 2 aromatic carbocycles. The van der Waals surface area contributed by atoms with Crippen LogP contribution in [0.1, 0.15) is 6.42 Å². The number of ether oxygens (including phenoxy) is 1. The molecule has 10 heteroatoms. The highest BCUT2D eigenvalue weighted by atomic mass is 32.2. The van der Waals surface area contributed by atoms with Crippen molar-refractivity contribution in [2.45, 2.75) is 11.3 Å². The monoisotopic (exact) mass is 446 g/mol. The van der Waals surface area contributed by atoms with Crippen LogP contribution < -0.4 is 4.72 Å². The van der Waals surface area contributed by atoms with Gasteiger partial charge in [-0.2, -0.15) is 4.98 Å². The van der Waals surface area contributed by atoms with E-state index in [-0.39, 0.29) is 16.6 Å². The van der Waals surface area contributed by atoms with E-state index < -0.39 is 15.8 Å². The molecule has 0 saturated carbocycles. The van der Waals surface area contributed by atoms with E-state index in [1.807, 2.05) is 0 Å². The molecule has 4 rings (SSSR count). The number of halogens is 1. The highest BCUT2D eigenvalue weighted by molar-refractivity contribution is 7.89. The molecule has 31 heavy (non-hydrogen) atoms. The van der Waals surface area contributed by atoms with Crippen molar-refractivity contribution >= 4 is 10.0 Å². The molecule has 0 unspecified atom stereocenters. The summed E-state index contributed by atoms with van der Waals surface area (Å²) in [4.78, 5) is 6.57. The molecule has 0 bridgehead atoms. The molecule has 0 atom stereocenters. The maximum atomic E-state index is 13.5. The van der Waals surface area contributed by atoms with Gasteiger partial charge in [0.05, 0.1) is 23.7 Å². The first kappa shape index (κ1) is 21.6. The Labute approximate surface area is 180 Å². The topological polar surface area (TPSA) is 97.6 Å². The van der Waals surface area contributed by atoms with Crippen LogP contribution in [0.4, 0.5) is 4.39 Å². The molecule has 0 amide bonds. The van der Waals surface area contributed by atoms with Gasteiger partial charge in [0.25, 0.3) is 5.89 Å². The number of nitrogens with zero attached hydrogens (tertiary/aromatic N) is 3. The van der Waals surface area contributed by atoms with Crippen LogP contribution in [0, 0.1) is 5.82 Å². The Morgan fingerprint density at radius 3 is 2.71 bits per heavy atom. The number of hydrogen-bond donors (Lipinski definition) is 1. The summed E-state index contributed by atoms with van der Waals surface area (Å²) < 4.78 is 52.6. The quantitative estimate of drug-likeness (QED) is 0.531. The normalized spacial score (nSPS) is 15.3. The average molecular weight is 447 g/mol. The Kier molecular flexibility index (Phi) is 6.71. The second-order valence-corrected chi connectivity index (χ2v) is 8.87. The van der Waals surface area contributed by atoms with Gasteiger partial charge in [0.1, 0.15) is 5.82 Å². The van der Waals surface area contributed by atoms with Crippen molar-refractivity contribution in [3.8, 4) is 22.8 Å². The lowest BCUT2D eigenvalue weighted by Gasteiger charge is -2.26. The van der Waals surface area contributed by atoms with E-state index >= 15 is 0 Å². The summed E-state index contributed by atoms with van der Waals surface area (Å²) in [6, 6.07) is 12.2. The van der Waals surface area contributed by atoms with Gasteiger partial charge in [0.2, 0.25) is 15.8 Å². The first-order chi connectivity index (χ1) is 15.0. The van der Waals surface area contributed by atoms with Crippen molar-refractivity contribution in [3.05, 3.63) is 54.3 Å². The first-order valence-corrected chi connectivity index (χ1v) is 11.5. The maximum absolute atomic E-state index is 13.5. The number of morpholine rings is 1. The molecule has 1 aliphatic rings. The van der Waals surface area contributed by atoms with E-state index in [0.717, 1.165) is 19.6 Å². The van der Waals surface area contributed by atoms with Gasteiger partial charge in [-0.3, -0.25) is 4.90 Å². The highest BCUT2D eigenvalue weighted by Crippen LogP contribution is 2.28. The average Bonchev–Trinajstić information content (AvgIpc) is 3.28. The van der Waals surface area contributed by atoms with Crippen LogP contribution in [0.15, 0.2) is 57.9 Å². The van der Waals surface area contributed by atoms with E-state index in [1.165, 1.54) is 18.2 Å². The smallest absolute Gasteiger partial charge is 0.259 e. The Morgan fingerprint density at radius 1 is 1.10 bits per heavy atom. The van der Waals surface area contributed by atoms with E-state index in [4.69, 9.17) is 9.26 Å². The van der Waals surface area contributed by atoms with Crippen molar-refractivity contribution in [1.82, 2.24) is 19.8 Å². The zero-order valence-corrected chi connectivity index (χ0v) is 17.6. The van der Waals surface area contributed by atoms with Gasteiger partial charge in [0, 0.05) is 25.2 Å². The molecule has 1 fully saturated rings. The summed E-state index contributed by atoms with van der Waals surface area (Å²) in [6.07, 6.45) is 0.686. The summed E-state index contributed by atoms with van der Waals surface area (Å²) >= 11 is 0. The summed E-state index contributed by atoms with van der Waals surface area (Å²) in [7, 11) is -3.79.